The molecule has 1 aromatic heterocycles. The highest BCUT2D eigenvalue weighted by atomic mass is 16.1. The zero-order valence-corrected chi connectivity index (χ0v) is 14.1. The molecule has 1 N–H and O–H groups in total. The molecule has 0 radical (unpaired) electrons. The summed E-state index contributed by atoms with van der Waals surface area (Å²) in [5.74, 6) is -0.0374. The van der Waals surface area contributed by atoms with Gasteiger partial charge in [-0.1, -0.05) is 36.4 Å². The van der Waals surface area contributed by atoms with Gasteiger partial charge in [0.2, 0.25) is 0 Å². The highest BCUT2D eigenvalue weighted by Crippen LogP contribution is 2.45. The summed E-state index contributed by atoms with van der Waals surface area (Å²) in [5, 5.41) is 11.0. The molecule has 1 fully saturated rings. The number of rotatable bonds is 4. The van der Waals surface area contributed by atoms with Gasteiger partial charge in [-0.2, -0.15) is 10.2 Å². The van der Waals surface area contributed by atoms with E-state index in [0.717, 1.165) is 29.5 Å². The molecule has 0 atom stereocenters. The number of nitrogens with zero attached hydrogens (tertiary/aromatic N) is 2. The normalized spacial score (nSPS) is 14.8. The fraction of sp³-hybridized carbons (Fsp3) is 0.190. The Morgan fingerprint density at radius 3 is 2.52 bits per heavy atom. The summed E-state index contributed by atoms with van der Waals surface area (Å²) < 4.78 is 0. The van der Waals surface area contributed by atoms with Gasteiger partial charge in [0, 0.05) is 11.1 Å². The Morgan fingerprint density at radius 2 is 1.84 bits per heavy atom. The molecular formula is C21H19N3O. The van der Waals surface area contributed by atoms with Gasteiger partial charge in [-0.25, -0.2) is 0 Å². The zero-order valence-electron chi connectivity index (χ0n) is 14.1. The molecule has 124 valence electrons. The van der Waals surface area contributed by atoms with Gasteiger partial charge in [0.15, 0.2) is 0 Å². The van der Waals surface area contributed by atoms with Gasteiger partial charge in [-0.3, -0.25) is 4.79 Å². The SMILES string of the molecule is Cc1ccc(C(=O)NC2(c3ccccc3)CC2)cc1-c1ccnnc1. The maximum absolute atomic E-state index is 12.8. The van der Waals surface area contributed by atoms with Crippen LogP contribution in [0.5, 0.6) is 0 Å². The number of nitrogens with one attached hydrogen (secondary N) is 1. The number of benzene rings is 2. The van der Waals surface area contributed by atoms with Crippen LogP contribution in [0.4, 0.5) is 0 Å². The Balaban J connectivity index is 1.61. The quantitative estimate of drug-likeness (QED) is 0.790. The van der Waals surface area contributed by atoms with Crippen LogP contribution in [-0.4, -0.2) is 16.1 Å². The Kier molecular flexibility index (Phi) is 3.80. The van der Waals surface area contributed by atoms with E-state index in [1.165, 1.54) is 5.56 Å². The summed E-state index contributed by atoms with van der Waals surface area (Å²) in [5.41, 5.74) is 4.71. The molecule has 0 bridgehead atoms. The van der Waals surface area contributed by atoms with Crippen LogP contribution in [-0.2, 0) is 5.54 Å². The van der Waals surface area contributed by atoms with Crippen molar-refractivity contribution in [3.05, 3.63) is 83.7 Å². The number of carbonyl (C=O) groups is 1. The highest BCUT2D eigenvalue weighted by Gasteiger charge is 2.45. The molecule has 1 aliphatic rings. The van der Waals surface area contributed by atoms with Gasteiger partial charge >= 0.3 is 0 Å². The van der Waals surface area contributed by atoms with E-state index in [1.54, 1.807) is 12.4 Å². The molecule has 0 unspecified atom stereocenters. The third kappa shape index (κ3) is 3.03. The molecule has 0 saturated heterocycles. The van der Waals surface area contributed by atoms with Crippen LogP contribution < -0.4 is 5.32 Å². The van der Waals surface area contributed by atoms with E-state index in [9.17, 15) is 4.79 Å². The molecular weight excluding hydrogens is 310 g/mol. The van der Waals surface area contributed by atoms with Gasteiger partial charge in [-0.05, 0) is 54.7 Å². The first kappa shape index (κ1) is 15.5. The number of aryl methyl sites for hydroxylation is 1. The fourth-order valence-corrected chi connectivity index (χ4v) is 3.18. The van der Waals surface area contributed by atoms with E-state index >= 15 is 0 Å². The van der Waals surface area contributed by atoms with E-state index in [4.69, 9.17) is 0 Å². The van der Waals surface area contributed by atoms with Crippen LogP contribution in [0.1, 0.15) is 34.3 Å². The maximum Gasteiger partial charge on any atom is 0.251 e. The predicted octanol–water partition coefficient (Wildman–Crippen LogP) is 3.87. The molecule has 0 aliphatic heterocycles. The molecule has 3 aromatic rings. The smallest absolute Gasteiger partial charge is 0.251 e. The minimum absolute atomic E-state index is 0.0374. The van der Waals surface area contributed by atoms with Crippen molar-refractivity contribution in [3.63, 3.8) is 0 Å². The minimum atomic E-state index is -0.207. The van der Waals surface area contributed by atoms with Crippen molar-refractivity contribution < 1.29 is 4.79 Å². The van der Waals surface area contributed by atoms with Crippen molar-refractivity contribution >= 4 is 5.91 Å². The summed E-state index contributed by atoms with van der Waals surface area (Å²) in [4.78, 5) is 12.8. The molecule has 0 spiro atoms. The van der Waals surface area contributed by atoms with Gasteiger partial charge in [0.25, 0.3) is 5.91 Å². The molecule has 4 rings (SSSR count). The van der Waals surface area contributed by atoms with Crippen LogP contribution in [0.3, 0.4) is 0 Å². The van der Waals surface area contributed by atoms with Crippen molar-refractivity contribution in [1.82, 2.24) is 15.5 Å². The Labute approximate surface area is 146 Å². The molecule has 25 heavy (non-hydrogen) atoms. The van der Waals surface area contributed by atoms with Crippen LogP contribution in [0, 0.1) is 6.92 Å². The first-order valence-corrected chi connectivity index (χ1v) is 8.44. The fourth-order valence-electron chi connectivity index (χ4n) is 3.18. The largest absolute Gasteiger partial charge is 0.343 e. The average Bonchev–Trinajstić information content (AvgIpc) is 3.44. The van der Waals surface area contributed by atoms with Crippen molar-refractivity contribution in [1.29, 1.82) is 0 Å². The van der Waals surface area contributed by atoms with E-state index in [1.807, 2.05) is 49.4 Å². The first-order valence-electron chi connectivity index (χ1n) is 8.44. The monoisotopic (exact) mass is 329 g/mol. The number of hydrogen-bond acceptors (Lipinski definition) is 3. The standard InChI is InChI=1S/C21H19N3O/c1-15-7-8-16(13-19(15)17-9-12-22-23-14-17)20(25)24-21(10-11-21)18-5-3-2-4-6-18/h2-9,12-14H,10-11H2,1H3,(H,24,25). The molecule has 4 heteroatoms. The Bertz CT molecular complexity index is 903. The lowest BCUT2D eigenvalue weighted by atomic mass is 9.98. The van der Waals surface area contributed by atoms with Gasteiger partial charge in [0.05, 0.1) is 17.9 Å². The molecule has 1 aliphatic carbocycles. The first-order chi connectivity index (χ1) is 12.2. The number of hydrogen-bond donors (Lipinski definition) is 1. The zero-order chi connectivity index (χ0) is 17.3. The Morgan fingerprint density at radius 1 is 1.04 bits per heavy atom. The maximum atomic E-state index is 12.8. The predicted molar refractivity (Wildman–Crippen MR) is 97.0 cm³/mol. The highest BCUT2D eigenvalue weighted by molar-refractivity contribution is 5.96. The lowest BCUT2D eigenvalue weighted by Gasteiger charge is -2.18. The van der Waals surface area contributed by atoms with Crippen molar-refractivity contribution in [3.8, 4) is 11.1 Å². The number of aromatic nitrogens is 2. The lowest BCUT2D eigenvalue weighted by molar-refractivity contribution is 0.0931. The summed E-state index contributed by atoms with van der Waals surface area (Å²) in [6, 6.07) is 17.9. The molecule has 1 saturated carbocycles. The van der Waals surface area contributed by atoms with Crippen molar-refractivity contribution in [2.75, 3.05) is 0 Å². The van der Waals surface area contributed by atoms with E-state index in [0.29, 0.717) is 5.56 Å². The second-order valence-electron chi connectivity index (χ2n) is 6.56. The van der Waals surface area contributed by atoms with Crippen molar-refractivity contribution in [2.24, 2.45) is 0 Å². The molecule has 1 heterocycles. The van der Waals surface area contributed by atoms with Crippen LogP contribution >= 0.6 is 0 Å². The third-order valence-corrected chi connectivity index (χ3v) is 4.82. The third-order valence-electron chi connectivity index (χ3n) is 4.82. The molecule has 1 amide bonds. The van der Waals surface area contributed by atoms with Crippen LogP contribution in [0.25, 0.3) is 11.1 Å². The van der Waals surface area contributed by atoms with Gasteiger partial charge < -0.3 is 5.32 Å². The average molecular weight is 329 g/mol. The lowest BCUT2D eigenvalue weighted by Crippen LogP contribution is -2.34. The Hall–Kier alpha value is -3.01. The van der Waals surface area contributed by atoms with Gasteiger partial charge in [0.1, 0.15) is 0 Å². The summed E-state index contributed by atoms with van der Waals surface area (Å²) in [7, 11) is 0. The molecule has 4 nitrogen and oxygen atoms in total. The summed E-state index contributed by atoms with van der Waals surface area (Å²) >= 11 is 0. The second kappa shape index (κ2) is 6.13. The summed E-state index contributed by atoms with van der Waals surface area (Å²) in [6.45, 7) is 2.03. The molecule has 2 aromatic carbocycles. The van der Waals surface area contributed by atoms with E-state index in [2.05, 4.69) is 27.6 Å². The summed E-state index contributed by atoms with van der Waals surface area (Å²) in [6.07, 6.45) is 5.35. The topological polar surface area (TPSA) is 54.9 Å². The van der Waals surface area contributed by atoms with E-state index in [-0.39, 0.29) is 11.4 Å². The van der Waals surface area contributed by atoms with Gasteiger partial charge in [-0.15, -0.1) is 0 Å². The van der Waals surface area contributed by atoms with Crippen LogP contribution in [0.15, 0.2) is 67.0 Å². The van der Waals surface area contributed by atoms with E-state index < -0.39 is 0 Å². The number of amides is 1. The van der Waals surface area contributed by atoms with Crippen LogP contribution in [0.2, 0.25) is 0 Å². The van der Waals surface area contributed by atoms with Crippen molar-refractivity contribution in [2.45, 2.75) is 25.3 Å². The number of carbonyl (C=O) groups excluding carboxylic acids is 1. The minimum Gasteiger partial charge on any atom is -0.343 e. The second-order valence-corrected chi connectivity index (χ2v) is 6.56.